The van der Waals surface area contributed by atoms with Crippen molar-refractivity contribution in [2.75, 3.05) is 26.6 Å². The lowest BCUT2D eigenvalue weighted by atomic mass is 10.1. The molecule has 0 spiro atoms. The predicted molar refractivity (Wildman–Crippen MR) is 87.6 cm³/mol. The third-order valence-corrected chi connectivity index (χ3v) is 4.19. The van der Waals surface area contributed by atoms with Crippen LogP contribution in [0.4, 0.5) is 5.82 Å². The van der Waals surface area contributed by atoms with E-state index < -0.39 is 0 Å². The summed E-state index contributed by atoms with van der Waals surface area (Å²) in [5, 5.41) is 3.08. The van der Waals surface area contributed by atoms with Crippen LogP contribution in [0.5, 0.6) is 11.5 Å². The van der Waals surface area contributed by atoms with Crippen LogP contribution in [0.3, 0.4) is 0 Å². The Labute approximate surface area is 131 Å². The fourth-order valence-corrected chi connectivity index (χ4v) is 2.42. The lowest BCUT2D eigenvalue weighted by molar-refractivity contribution is 0.356. The molecule has 2 aromatic rings. The van der Waals surface area contributed by atoms with Crippen LogP contribution in [0.25, 0.3) is 11.4 Å². The number of nitrogens with one attached hydrogen (secondary N) is 1. The highest BCUT2D eigenvalue weighted by Gasteiger charge is 2.16. The van der Waals surface area contributed by atoms with E-state index in [0.717, 1.165) is 20.6 Å². The zero-order valence-corrected chi connectivity index (χ0v) is 14.0. The average molecular weight is 385 g/mol. The number of para-hydroxylation sites is 1. The maximum atomic E-state index is 5.44. The van der Waals surface area contributed by atoms with Crippen molar-refractivity contribution in [2.45, 2.75) is 6.92 Å². The van der Waals surface area contributed by atoms with Crippen molar-refractivity contribution in [2.24, 2.45) is 0 Å². The molecule has 2 rings (SSSR count). The molecular weight excluding hydrogens is 369 g/mol. The Bertz CT molecular complexity index is 632. The van der Waals surface area contributed by atoms with Gasteiger partial charge in [0.2, 0.25) is 0 Å². The fraction of sp³-hybridized carbons (Fsp3) is 0.286. The number of aryl methyl sites for hydroxylation is 1. The minimum absolute atomic E-state index is 0.614. The Morgan fingerprint density at radius 3 is 2.50 bits per heavy atom. The van der Waals surface area contributed by atoms with Gasteiger partial charge in [0.05, 0.1) is 29.0 Å². The van der Waals surface area contributed by atoms with Crippen molar-refractivity contribution in [3.63, 3.8) is 0 Å². The first-order chi connectivity index (χ1) is 9.62. The van der Waals surface area contributed by atoms with Gasteiger partial charge < -0.3 is 14.8 Å². The Morgan fingerprint density at radius 1 is 1.15 bits per heavy atom. The monoisotopic (exact) mass is 385 g/mol. The van der Waals surface area contributed by atoms with Gasteiger partial charge in [0.1, 0.15) is 5.82 Å². The van der Waals surface area contributed by atoms with Gasteiger partial charge in [-0.05, 0) is 41.6 Å². The molecule has 0 saturated carbocycles. The van der Waals surface area contributed by atoms with Crippen LogP contribution < -0.4 is 14.8 Å². The van der Waals surface area contributed by atoms with Crippen LogP contribution in [-0.2, 0) is 0 Å². The molecule has 1 heterocycles. The largest absolute Gasteiger partial charge is 0.493 e. The molecule has 0 amide bonds. The molecule has 0 aliphatic carbocycles. The second-order valence-electron chi connectivity index (χ2n) is 4.09. The molecular formula is C14H16IN3O2. The van der Waals surface area contributed by atoms with Gasteiger partial charge in [0, 0.05) is 7.05 Å². The second-order valence-corrected chi connectivity index (χ2v) is 5.17. The first-order valence-electron chi connectivity index (χ1n) is 6.05. The molecule has 1 aromatic heterocycles. The van der Waals surface area contributed by atoms with Crippen LogP contribution in [0.15, 0.2) is 18.2 Å². The maximum absolute atomic E-state index is 5.44. The van der Waals surface area contributed by atoms with Crippen molar-refractivity contribution in [3.8, 4) is 22.9 Å². The molecule has 20 heavy (non-hydrogen) atoms. The van der Waals surface area contributed by atoms with Crippen molar-refractivity contribution < 1.29 is 9.47 Å². The number of ether oxygens (including phenoxy) is 2. The number of benzene rings is 1. The highest BCUT2D eigenvalue weighted by atomic mass is 127. The number of aromatic nitrogens is 2. The van der Waals surface area contributed by atoms with Crippen molar-refractivity contribution >= 4 is 28.4 Å². The van der Waals surface area contributed by atoms with Gasteiger partial charge in [-0.3, -0.25) is 0 Å². The second kappa shape index (κ2) is 6.25. The molecule has 0 radical (unpaired) electrons. The average Bonchev–Trinajstić information content (AvgIpc) is 2.48. The molecule has 5 nitrogen and oxygen atoms in total. The van der Waals surface area contributed by atoms with Crippen molar-refractivity contribution in [1.82, 2.24) is 9.97 Å². The molecule has 0 aliphatic rings. The van der Waals surface area contributed by atoms with E-state index in [2.05, 4.69) is 37.9 Å². The summed E-state index contributed by atoms with van der Waals surface area (Å²) in [6.07, 6.45) is 0. The van der Waals surface area contributed by atoms with E-state index in [0.29, 0.717) is 17.3 Å². The maximum Gasteiger partial charge on any atom is 0.171 e. The molecule has 1 aromatic carbocycles. The van der Waals surface area contributed by atoms with Gasteiger partial charge in [-0.1, -0.05) is 6.07 Å². The SMILES string of the molecule is CNc1nc(-c2cccc(OC)c2OC)nc(C)c1I. The van der Waals surface area contributed by atoms with Crippen LogP contribution in [0.1, 0.15) is 5.69 Å². The van der Waals surface area contributed by atoms with E-state index in [-0.39, 0.29) is 0 Å². The first kappa shape index (κ1) is 14.8. The van der Waals surface area contributed by atoms with E-state index in [9.17, 15) is 0 Å². The van der Waals surface area contributed by atoms with Gasteiger partial charge in [-0.2, -0.15) is 0 Å². The summed E-state index contributed by atoms with van der Waals surface area (Å²) in [4.78, 5) is 9.08. The molecule has 6 heteroatoms. The molecule has 106 valence electrons. The van der Waals surface area contributed by atoms with E-state index in [1.807, 2.05) is 32.2 Å². The fourth-order valence-electron chi connectivity index (χ4n) is 1.91. The lowest BCUT2D eigenvalue weighted by Gasteiger charge is -2.13. The number of hydrogen-bond donors (Lipinski definition) is 1. The Hall–Kier alpha value is -1.57. The zero-order chi connectivity index (χ0) is 14.7. The van der Waals surface area contributed by atoms with E-state index >= 15 is 0 Å². The standard InChI is InChI=1S/C14H16IN3O2/c1-8-11(15)14(16-2)18-13(17-8)9-6-5-7-10(19-3)12(9)20-4/h5-7H,1-4H3,(H,16,17,18). The number of anilines is 1. The summed E-state index contributed by atoms with van der Waals surface area (Å²) in [6.45, 7) is 1.96. The number of nitrogens with zero attached hydrogens (tertiary/aromatic N) is 2. The third kappa shape index (κ3) is 2.65. The minimum Gasteiger partial charge on any atom is -0.493 e. The van der Waals surface area contributed by atoms with Crippen LogP contribution >= 0.6 is 22.6 Å². The Balaban J connectivity index is 2.65. The number of halogens is 1. The van der Waals surface area contributed by atoms with Crippen LogP contribution in [0.2, 0.25) is 0 Å². The summed E-state index contributed by atoms with van der Waals surface area (Å²) in [5.74, 6) is 2.72. The Morgan fingerprint density at radius 2 is 1.90 bits per heavy atom. The smallest absolute Gasteiger partial charge is 0.171 e. The summed E-state index contributed by atoms with van der Waals surface area (Å²) in [5.41, 5.74) is 1.73. The van der Waals surface area contributed by atoms with Gasteiger partial charge in [-0.15, -0.1) is 0 Å². The molecule has 1 N–H and O–H groups in total. The van der Waals surface area contributed by atoms with Gasteiger partial charge in [0.25, 0.3) is 0 Å². The van der Waals surface area contributed by atoms with Crippen LogP contribution in [0, 0.1) is 10.5 Å². The quantitative estimate of drug-likeness (QED) is 0.820. The van der Waals surface area contributed by atoms with Gasteiger partial charge in [-0.25, -0.2) is 9.97 Å². The Kier molecular flexibility index (Phi) is 4.64. The van der Waals surface area contributed by atoms with E-state index in [4.69, 9.17) is 9.47 Å². The molecule has 0 unspecified atom stereocenters. The van der Waals surface area contributed by atoms with Crippen molar-refractivity contribution in [3.05, 3.63) is 27.5 Å². The predicted octanol–water partition coefficient (Wildman–Crippen LogP) is 3.12. The summed E-state index contributed by atoms with van der Waals surface area (Å²) in [6, 6.07) is 5.66. The summed E-state index contributed by atoms with van der Waals surface area (Å²) >= 11 is 2.23. The molecule has 0 aliphatic heterocycles. The first-order valence-corrected chi connectivity index (χ1v) is 7.13. The summed E-state index contributed by atoms with van der Waals surface area (Å²) in [7, 11) is 5.07. The van der Waals surface area contributed by atoms with Crippen molar-refractivity contribution in [1.29, 1.82) is 0 Å². The van der Waals surface area contributed by atoms with Crippen LogP contribution in [-0.4, -0.2) is 31.2 Å². The zero-order valence-electron chi connectivity index (χ0n) is 11.8. The van der Waals surface area contributed by atoms with E-state index in [1.165, 1.54) is 0 Å². The lowest BCUT2D eigenvalue weighted by Crippen LogP contribution is -2.04. The third-order valence-electron chi connectivity index (χ3n) is 2.90. The topological polar surface area (TPSA) is 56.3 Å². The molecule has 0 atom stereocenters. The summed E-state index contributed by atoms with van der Waals surface area (Å²) < 4.78 is 11.8. The number of hydrogen-bond acceptors (Lipinski definition) is 5. The minimum atomic E-state index is 0.614. The highest BCUT2D eigenvalue weighted by Crippen LogP contribution is 2.37. The van der Waals surface area contributed by atoms with Gasteiger partial charge in [0.15, 0.2) is 17.3 Å². The molecule has 0 saturated heterocycles. The number of rotatable bonds is 4. The molecule has 0 bridgehead atoms. The highest BCUT2D eigenvalue weighted by molar-refractivity contribution is 14.1. The van der Waals surface area contributed by atoms with E-state index in [1.54, 1.807) is 14.2 Å². The number of methoxy groups -OCH3 is 2. The molecule has 0 fully saturated rings. The van der Waals surface area contributed by atoms with Gasteiger partial charge >= 0.3 is 0 Å². The normalized spacial score (nSPS) is 10.2.